The maximum atomic E-state index is 4.95. The molecule has 0 radical (unpaired) electrons. The van der Waals surface area contributed by atoms with E-state index >= 15 is 0 Å². The Morgan fingerprint density at radius 3 is 2.41 bits per heavy atom. The maximum absolute atomic E-state index is 4.95. The van der Waals surface area contributed by atoms with E-state index in [2.05, 4.69) is 75.7 Å². The SMILES string of the molecule is CCNC(=NCc1cccnc1N1CCN(C)CC1)NCC(c1ccccc1)N1CCCC1.I. The van der Waals surface area contributed by atoms with Crippen molar-refractivity contribution in [1.29, 1.82) is 0 Å². The lowest BCUT2D eigenvalue weighted by Gasteiger charge is -2.34. The summed E-state index contributed by atoms with van der Waals surface area (Å²) in [5.41, 5.74) is 2.55. The smallest absolute Gasteiger partial charge is 0.191 e. The molecule has 2 aliphatic heterocycles. The number of pyridine rings is 1. The largest absolute Gasteiger partial charge is 0.357 e. The molecule has 2 aliphatic rings. The molecular weight excluding hydrogens is 537 g/mol. The Morgan fingerprint density at radius 1 is 0.971 bits per heavy atom. The maximum Gasteiger partial charge on any atom is 0.191 e. The molecule has 0 amide bonds. The van der Waals surface area contributed by atoms with Gasteiger partial charge in [0.1, 0.15) is 5.82 Å². The number of nitrogens with zero attached hydrogens (tertiary/aromatic N) is 5. The number of nitrogens with one attached hydrogen (secondary N) is 2. The second-order valence-corrected chi connectivity index (χ2v) is 9.02. The average Bonchev–Trinajstić information content (AvgIpc) is 3.39. The third-order valence-electron chi connectivity index (χ3n) is 6.65. The summed E-state index contributed by atoms with van der Waals surface area (Å²) in [7, 11) is 2.18. The molecule has 0 spiro atoms. The Kier molecular flexibility index (Phi) is 10.9. The van der Waals surface area contributed by atoms with E-state index < -0.39 is 0 Å². The second kappa shape index (κ2) is 13.8. The molecule has 1 aromatic heterocycles. The molecule has 0 bridgehead atoms. The molecule has 1 aromatic carbocycles. The van der Waals surface area contributed by atoms with Gasteiger partial charge in [0.05, 0.1) is 12.6 Å². The molecule has 2 aromatic rings. The molecule has 0 aliphatic carbocycles. The zero-order chi connectivity index (χ0) is 22.9. The zero-order valence-electron chi connectivity index (χ0n) is 20.6. The predicted molar refractivity (Wildman–Crippen MR) is 152 cm³/mol. The summed E-state index contributed by atoms with van der Waals surface area (Å²) in [6, 6.07) is 15.4. The van der Waals surface area contributed by atoms with Crippen molar-refractivity contribution >= 4 is 35.8 Å². The number of aromatic nitrogens is 1. The third kappa shape index (κ3) is 7.29. The number of halogens is 1. The molecule has 186 valence electrons. The molecule has 3 heterocycles. The molecule has 2 N–H and O–H groups in total. The fraction of sp³-hybridized carbons (Fsp3) is 0.538. The van der Waals surface area contributed by atoms with E-state index in [4.69, 9.17) is 9.98 Å². The van der Waals surface area contributed by atoms with Gasteiger partial charge >= 0.3 is 0 Å². The van der Waals surface area contributed by atoms with Gasteiger partial charge in [-0.15, -0.1) is 24.0 Å². The minimum atomic E-state index is 0. The highest BCUT2D eigenvalue weighted by molar-refractivity contribution is 14.0. The molecule has 0 saturated carbocycles. The van der Waals surface area contributed by atoms with E-state index in [0.717, 1.165) is 51.0 Å². The van der Waals surface area contributed by atoms with Crippen LogP contribution < -0.4 is 15.5 Å². The Labute approximate surface area is 222 Å². The number of anilines is 1. The summed E-state index contributed by atoms with van der Waals surface area (Å²) < 4.78 is 0. The first-order valence-corrected chi connectivity index (χ1v) is 12.4. The second-order valence-electron chi connectivity index (χ2n) is 9.02. The van der Waals surface area contributed by atoms with Crippen LogP contribution in [0.5, 0.6) is 0 Å². The average molecular weight is 578 g/mol. The lowest BCUT2D eigenvalue weighted by Crippen LogP contribution is -2.45. The molecule has 34 heavy (non-hydrogen) atoms. The number of guanidine groups is 1. The number of hydrogen-bond donors (Lipinski definition) is 2. The van der Waals surface area contributed by atoms with Crippen LogP contribution in [0, 0.1) is 0 Å². The minimum absolute atomic E-state index is 0. The van der Waals surface area contributed by atoms with Gasteiger partial charge in [-0.1, -0.05) is 36.4 Å². The van der Waals surface area contributed by atoms with Crippen molar-refractivity contribution in [2.24, 2.45) is 4.99 Å². The van der Waals surface area contributed by atoms with E-state index in [1.54, 1.807) is 0 Å². The number of likely N-dealkylation sites (tertiary alicyclic amines) is 1. The summed E-state index contributed by atoms with van der Waals surface area (Å²) in [6.45, 7) is 10.9. The van der Waals surface area contributed by atoms with Crippen LogP contribution in [0.3, 0.4) is 0 Å². The summed E-state index contributed by atoms with van der Waals surface area (Å²) in [5, 5.41) is 7.06. The monoisotopic (exact) mass is 577 g/mol. The Hall–Kier alpha value is -1.91. The molecular formula is C26H40IN7. The van der Waals surface area contributed by atoms with Crippen molar-refractivity contribution in [2.45, 2.75) is 32.4 Å². The van der Waals surface area contributed by atoms with Gasteiger partial charge in [0, 0.05) is 51.0 Å². The summed E-state index contributed by atoms with van der Waals surface area (Å²) >= 11 is 0. The van der Waals surface area contributed by atoms with Crippen molar-refractivity contribution in [3.63, 3.8) is 0 Å². The fourth-order valence-corrected chi connectivity index (χ4v) is 4.74. The number of rotatable bonds is 8. The number of benzene rings is 1. The van der Waals surface area contributed by atoms with Crippen molar-refractivity contribution in [3.05, 3.63) is 59.8 Å². The van der Waals surface area contributed by atoms with Crippen LogP contribution >= 0.6 is 24.0 Å². The fourth-order valence-electron chi connectivity index (χ4n) is 4.74. The Morgan fingerprint density at radius 2 is 1.71 bits per heavy atom. The number of aliphatic imine (C=N–C) groups is 1. The quantitative estimate of drug-likeness (QED) is 0.285. The zero-order valence-corrected chi connectivity index (χ0v) is 22.9. The van der Waals surface area contributed by atoms with Gasteiger partial charge in [-0.2, -0.15) is 0 Å². The van der Waals surface area contributed by atoms with Crippen LogP contribution in [0.25, 0.3) is 0 Å². The highest BCUT2D eigenvalue weighted by atomic mass is 127. The van der Waals surface area contributed by atoms with Crippen molar-refractivity contribution in [1.82, 2.24) is 25.4 Å². The summed E-state index contributed by atoms with van der Waals surface area (Å²) in [4.78, 5) is 17.0. The highest BCUT2D eigenvalue weighted by Crippen LogP contribution is 2.24. The molecule has 1 atom stereocenters. The Bertz CT molecular complexity index is 878. The molecule has 1 unspecified atom stereocenters. The van der Waals surface area contributed by atoms with Gasteiger partial charge in [-0.3, -0.25) is 4.90 Å². The van der Waals surface area contributed by atoms with E-state index in [0.29, 0.717) is 12.6 Å². The van der Waals surface area contributed by atoms with Crippen LogP contribution in [0.1, 0.15) is 36.9 Å². The molecule has 8 heteroatoms. The van der Waals surface area contributed by atoms with Crippen LogP contribution in [0.15, 0.2) is 53.7 Å². The standard InChI is InChI=1S/C26H39N7.HI/c1-3-27-26(30-21-24(32-14-7-8-15-32)22-10-5-4-6-11-22)29-20-23-12-9-13-28-25(23)33-18-16-31(2)17-19-33;/h4-6,9-13,24H,3,7-8,14-21H2,1-2H3,(H2,27,29,30);1H. The first kappa shape index (κ1) is 26.7. The van der Waals surface area contributed by atoms with Crippen LogP contribution in [0.2, 0.25) is 0 Å². The van der Waals surface area contributed by atoms with E-state index in [1.165, 1.54) is 37.1 Å². The van der Waals surface area contributed by atoms with E-state index in [1.807, 2.05) is 12.3 Å². The number of piperazine rings is 1. The van der Waals surface area contributed by atoms with Crippen molar-refractivity contribution in [2.75, 3.05) is 64.3 Å². The van der Waals surface area contributed by atoms with Gasteiger partial charge in [0.2, 0.25) is 0 Å². The predicted octanol–water partition coefficient (Wildman–Crippen LogP) is 3.34. The van der Waals surface area contributed by atoms with Gasteiger partial charge in [0.25, 0.3) is 0 Å². The topological polar surface area (TPSA) is 59.0 Å². The van der Waals surface area contributed by atoms with Crippen LogP contribution in [0.4, 0.5) is 5.82 Å². The van der Waals surface area contributed by atoms with Crippen molar-refractivity contribution < 1.29 is 0 Å². The summed E-state index contributed by atoms with van der Waals surface area (Å²) in [6.07, 6.45) is 4.46. The van der Waals surface area contributed by atoms with Gasteiger partial charge in [0.15, 0.2) is 5.96 Å². The van der Waals surface area contributed by atoms with Crippen LogP contribution in [-0.2, 0) is 6.54 Å². The lowest BCUT2D eigenvalue weighted by atomic mass is 10.1. The summed E-state index contributed by atoms with van der Waals surface area (Å²) in [5.74, 6) is 1.94. The Balaban J connectivity index is 0.00000324. The van der Waals surface area contributed by atoms with E-state index in [-0.39, 0.29) is 24.0 Å². The lowest BCUT2D eigenvalue weighted by molar-refractivity contribution is 0.245. The molecule has 4 rings (SSSR count). The first-order chi connectivity index (χ1) is 16.2. The van der Waals surface area contributed by atoms with Crippen molar-refractivity contribution in [3.8, 4) is 0 Å². The van der Waals surface area contributed by atoms with Gasteiger partial charge in [-0.05, 0) is 51.5 Å². The third-order valence-corrected chi connectivity index (χ3v) is 6.65. The van der Waals surface area contributed by atoms with Gasteiger partial charge in [-0.25, -0.2) is 9.98 Å². The highest BCUT2D eigenvalue weighted by Gasteiger charge is 2.23. The minimum Gasteiger partial charge on any atom is -0.357 e. The number of likely N-dealkylation sites (N-methyl/N-ethyl adjacent to an activating group) is 1. The molecule has 7 nitrogen and oxygen atoms in total. The van der Waals surface area contributed by atoms with E-state index in [9.17, 15) is 0 Å². The normalized spacial score (nSPS) is 18.4. The number of hydrogen-bond acceptors (Lipinski definition) is 5. The molecule has 2 saturated heterocycles. The molecule has 2 fully saturated rings. The first-order valence-electron chi connectivity index (χ1n) is 12.4. The van der Waals surface area contributed by atoms with Crippen LogP contribution in [-0.4, -0.2) is 80.1 Å². The van der Waals surface area contributed by atoms with Gasteiger partial charge < -0.3 is 20.4 Å².